The Morgan fingerprint density at radius 1 is 1.12 bits per heavy atom. The van der Waals surface area contributed by atoms with Crippen LogP contribution >= 0.6 is 11.6 Å². The molecule has 1 aromatic carbocycles. The molecule has 16 heavy (non-hydrogen) atoms. The van der Waals surface area contributed by atoms with Crippen molar-refractivity contribution in [1.82, 2.24) is 0 Å². The van der Waals surface area contributed by atoms with Crippen molar-refractivity contribution in [2.75, 3.05) is 5.73 Å². The first kappa shape index (κ1) is 11.6. The SMILES string of the molecule is Nc1cc(Cl)ccc1OC1CCCCCC1. The molecule has 1 aromatic rings. The number of hydrogen-bond acceptors (Lipinski definition) is 2. The Balaban J connectivity index is 2.01. The van der Waals surface area contributed by atoms with Crippen LogP contribution in [-0.4, -0.2) is 6.10 Å². The van der Waals surface area contributed by atoms with Gasteiger partial charge in [-0.3, -0.25) is 0 Å². The lowest BCUT2D eigenvalue weighted by Crippen LogP contribution is -2.15. The first-order valence-corrected chi connectivity index (χ1v) is 6.35. The normalized spacial score (nSPS) is 18.1. The summed E-state index contributed by atoms with van der Waals surface area (Å²) in [5.74, 6) is 0.774. The summed E-state index contributed by atoms with van der Waals surface area (Å²) in [6, 6.07) is 5.43. The number of halogens is 1. The second-order valence-corrected chi connectivity index (χ2v) is 4.85. The van der Waals surface area contributed by atoms with Gasteiger partial charge in [-0.15, -0.1) is 0 Å². The quantitative estimate of drug-likeness (QED) is 0.625. The van der Waals surface area contributed by atoms with Gasteiger partial charge in [0.05, 0.1) is 11.8 Å². The van der Waals surface area contributed by atoms with Crippen LogP contribution in [0.5, 0.6) is 5.75 Å². The lowest BCUT2D eigenvalue weighted by Gasteiger charge is -2.18. The number of ether oxygens (including phenoxy) is 1. The van der Waals surface area contributed by atoms with E-state index < -0.39 is 0 Å². The summed E-state index contributed by atoms with van der Waals surface area (Å²) in [5, 5.41) is 0.658. The molecule has 0 spiro atoms. The lowest BCUT2D eigenvalue weighted by atomic mass is 10.1. The molecule has 1 aliphatic carbocycles. The minimum absolute atomic E-state index is 0.325. The maximum Gasteiger partial charge on any atom is 0.142 e. The van der Waals surface area contributed by atoms with Gasteiger partial charge in [0.15, 0.2) is 0 Å². The fourth-order valence-electron chi connectivity index (χ4n) is 2.17. The fraction of sp³-hybridized carbons (Fsp3) is 0.538. The van der Waals surface area contributed by atoms with Gasteiger partial charge in [-0.2, -0.15) is 0 Å². The summed E-state index contributed by atoms with van der Waals surface area (Å²) in [6.45, 7) is 0. The van der Waals surface area contributed by atoms with E-state index in [0.29, 0.717) is 16.8 Å². The van der Waals surface area contributed by atoms with Crippen LogP contribution in [0.1, 0.15) is 38.5 Å². The molecule has 0 bridgehead atoms. The number of nitrogen functional groups attached to an aromatic ring is 1. The Morgan fingerprint density at radius 2 is 1.81 bits per heavy atom. The second kappa shape index (κ2) is 5.44. The molecule has 0 aromatic heterocycles. The number of hydrogen-bond donors (Lipinski definition) is 1. The maximum atomic E-state index is 5.94. The van der Waals surface area contributed by atoms with E-state index in [9.17, 15) is 0 Å². The zero-order valence-corrected chi connectivity index (χ0v) is 10.2. The Morgan fingerprint density at radius 3 is 2.44 bits per heavy atom. The van der Waals surface area contributed by atoms with Crippen molar-refractivity contribution in [2.24, 2.45) is 0 Å². The average Bonchev–Trinajstić information content (AvgIpc) is 2.51. The Kier molecular flexibility index (Phi) is 3.94. The van der Waals surface area contributed by atoms with E-state index in [4.69, 9.17) is 22.1 Å². The van der Waals surface area contributed by atoms with Crippen molar-refractivity contribution in [2.45, 2.75) is 44.6 Å². The van der Waals surface area contributed by atoms with Crippen LogP contribution in [-0.2, 0) is 0 Å². The minimum Gasteiger partial charge on any atom is -0.488 e. The monoisotopic (exact) mass is 239 g/mol. The molecule has 0 unspecified atom stereocenters. The van der Waals surface area contributed by atoms with Crippen LogP contribution in [0.15, 0.2) is 18.2 Å². The third kappa shape index (κ3) is 3.05. The summed E-state index contributed by atoms with van der Waals surface area (Å²) < 4.78 is 5.94. The highest BCUT2D eigenvalue weighted by Crippen LogP contribution is 2.29. The summed E-state index contributed by atoms with van der Waals surface area (Å²) >= 11 is 5.85. The van der Waals surface area contributed by atoms with E-state index in [1.807, 2.05) is 12.1 Å². The van der Waals surface area contributed by atoms with Crippen LogP contribution in [0.2, 0.25) is 5.02 Å². The smallest absolute Gasteiger partial charge is 0.142 e. The predicted molar refractivity (Wildman–Crippen MR) is 68.0 cm³/mol. The molecule has 1 saturated carbocycles. The van der Waals surface area contributed by atoms with Crippen LogP contribution in [0.25, 0.3) is 0 Å². The summed E-state index contributed by atoms with van der Waals surface area (Å²) in [6.07, 6.45) is 7.79. The third-order valence-corrected chi connectivity index (χ3v) is 3.30. The van der Waals surface area contributed by atoms with Gasteiger partial charge in [-0.25, -0.2) is 0 Å². The topological polar surface area (TPSA) is 35.2 Å². The molecule has 0 radical (unpaired) electrons. The average molecular weight is 240 g/mol. The van der Waals surface area contributed by atoms with Gasteiger partial charge in [0, 0.05) is 5.02 Å². The standard InChI is InChI=1S/C13H18ClNO/c14-10-7-8-13(12(15)9-10)16-11-5-3-1-2-4-6-11/h7-9,11H,1-6,15H2. The van der Waals surface area contributed by atoms with E-state index in [1.165, 1.54) is 25.7 Å². The highest BCUT2D eigenvalue weighted by molar-refractivity contribution is 6.30. The molecule has 1 fully saturated rings. The molecule has 2 N–H and O–H groups in total. The van der Waals surface area contributed by atoms with Crippen molar-refractivity contribution >= 4 is 17.3 Å². The van der Waals surface area contributed by atoms with Gasteiger partial charge in [0.25, 0.3) is 0 Å². The van der Waals surface area contributed by atoms with E-state index >= 15 is 0 Å². The molecule has 0 amide bonds. The molecule has 0 saturated heterocycles. The summed E-state index contributed by atoms with van der Waals surface area (Å²) in [5.41, 5.74) is 6.50. The molecule has 1 aliphatic rings. The van der Waals surface area contributed by atoms with Gasteiger partial charge < -0.3 is 10.5 Å². The van der Waals surface area contributed by atoms with Crippen LogP contribution < -0.4 is 10.5 Å². The van der Waals surface area contributed by atoms with Crippen molar-refractivity contribution in [3.8, 4) is 5.75 Å². The highest BCUT2D eigenvalue weighted by Gasteiger charge is 2.14. The lowest BCUT2D eigenvalue weighted by molar-refractivity contribution is 0.185. The molecular weight excluding hydrogens is 222 g/mol. The largest absolute Gasteiger partial charge is 0.488 e. The number of rotatable bonds is 2. The first-order valence-electron chi connectivity index (χ1n) is 5.97. The Labute approximate surface area is 102 Å². The van der Waals surface area contributed by atoms with E-state index in [1.54, 1.807) is 6.07 Å². The number of anilines is 1. The third-order valence-electron chi connectivity index (χ3n) is 3.07. The zero-order chi connectivity index (χ0) is 11.4. The molecule has 0 aliphatic heterocycles. The van der Waals surface area contributed by atoms with Crippen molar-refractivity contribution in [3.63, 3.8) is 0 Å². The molecule has 88 valence electrons. The van der Waals surface area contributed by atoms with Crippen LogP contribution in [0, 0.1) is 0 Å². The van der Waals surface area contributed by atoms with E-state index in [0.717, 1.165) is 18.6 Å². The molecule has 3 heteroatoms. The Bertz CT molecular complexity index is 346. The molecule has 0 atom stereocenters. The van der Waals surface area contributed by atoms with E-state index in [2.05, 4.69) is 0 Å². The van der Waals surface area contributed by atoms with Crippen LogP contribution in [0.4, 0.5) is 5.69 Å². The van der Waals surface area contributed by atoms with Gasteiger partial charge >= 0.3 is 0 Å². The second-order valence-electron chi connectivity index (χ2n) is 4.41. The van der Waals surface area contributed by atoms with E-state index in [-0.39, 0.29) is 0 Å². The van der Waals surface area contributed by atoms with Crippen LogP contribution in [0.3, 0.4) is 0 Å². The van der Waals surface area contributed by atoms with Gasteiger partial charge in [0.2, 0.25) is 0 Å². The van der Waals surface area contributed by atoms with Gasteiger partial charge in [0.1, 0.15) is 5.75 Å². The Hall–Kier alpha value is -0.890. The first-order chi connectivity index (χ1) is 7.75. The molecule has 0 heterocycles. The van der Waals surface area contributed by atoms with Crippen molar-refractivity contribution in [3.05, 3.63) is 23.2 Å². The predicted octanol–water partition coefficient (Wildman–Crippen LogP) is 4.02. The molecular formula is C13H18ClNO. The van der Waals surface area contributed by atoms with Crippen molar-refractivity contribution < 1.29 is 4.74 Å². The maximum absolute atomic E-state index is 5.94. The number of nitrogens with two attached hydrogens (primary N) is 1. The summed E-state index contributed by atoms with van der Waals surface area (Å²) in [7, 11) is 0. The molecule has 2 rings (SSSR count). The minimum atomic E-state index is 0.325. The summed E-state index contributed by atoms with van der Waals surface area (Å²) in [4.78, 5) is 0. The number of benzene rings is 1. The van der Waals surface area contributed by atoms with Gasteiger partial charge in [-0.1, -0.05) is 24.4 Å². The van der Waals surface area contributed by atoms with Gasteiger partial charge in [-0.05, 0) is 43.9 Å². The molecule has 2 nitrogen and oxygen atoms in total. The zero-order valence-electron chi connectivity index (χ0n) is 9.42. The fourth-order valence-corrected chi connectivity index (χ4v) is 2.35. The highest BCUT2D eigenvalue weighted by atomic mass is 35.5. The van der Waals surface area contributed by atoms with Crippen molar-refractivity contribution in [1.29, 1.82) is 0 Å².